The average Bonchev–Trinajstić information content (AvgIpc) is 3.19. The minimum atomic E-state index is -3.15. The molecule has 8 heteroatoms. The van der Waals surface area contributed by atoms with Gasteiger partial charge in [0.15, 0.2) is 11.5 Å². The summed E-state index contributed by atoms with van der Waals surface area (Å²) in [5, 5.41) is 2.03. The third-order valence-electron chi connectivity index (χ3n) is 4.46. The van der Waals surface area contributed by atoms with Gasteiger partial charge >= 0.3 is 0 Å². The molecule has 2 aromatic rings. The van der Waals surface area contributed by atoms with Crippen LogP contribution < -0.4 is 9.47 Å². The Kier molecular flexibility index (Phi) is 8.75. The summed E-state index contributed by atoms with van der Waals surface area (Å²) < 4.78 is 36.5. The second kappa shape index (κ2) is 10.8. The molecule has 0 aliphatic heterocycles. The number of ether oxygens (including phenoxy) is 2. The Hall–Kier alpha value is -1.61. The molecule has 0 amide bonds. The van der Waals surface area contributed by atoms with E-state index in [0.29, 0.717) is 18.8 Å². The lowest BCUT2D eigenvalue weighted by molar-refractivity contribution is 0.276. The van der Waals surface area contributed by atoms with Crippen molar-refractivity contribution >= 4 is 21.4 Å². The van der Waals surface area contributed by atoms with Crippen LogP contribution in [-0.4, -0.2) is 57.7 Å². The van der Waals surface area contributed by atoms with Crippen molar-refractivity contribution in [3.8, 4) is 11.5 Å². The van der Waals surface area contributed by atoms with Crippen LogP contribution in [-0.2, 0) is 23.2 Å². The monoisotopic (exact) mass is 426 g/mol. The number of thiophene rings is 1. The highest BCUT2D eigenvalue weighted by Gasteiger charge is 2.14. The molecule has 0 unspecified atom stereocenters. The van der Waals surface area contributed by atoms with Gasteiger partial charge < -0.3 is 9.47 Å². The predicted octanol–water partition coefficient (Wildman–Crippen LogP) is 3.44. The van der Waals surface area contributed by atoms with E-state index in [2.05, 4.69) is 11.8 Å². The molecule has 0 atom stereocenters. The Morgan fingerprint density at radius 3 is 2.54 bits per heavy atom. The van der Waals surface area contributed by atoms with Crippen LogP contribution in [0.1, 0.15) is 23.8 Å². The maximum absolute atomic E-state index is 11.9. The largest absolute Gasteiger partial charge is 0.493 e. The minimum absolute atomic E-state index is 0.162. The maximum Gasteiger partial charge on any atom is 0.213 e. The number of sulfonamides is 1. The number of methoxy groups -OCH3 is 1. The van der Waals surface area contributed by atoms with E-state index in [9.17, 15) is 8.42 Å². The Labute approximate surface area is 172 Å². The molecule has 156 valence electrons. The third-order valence-corrected chi connectivity index (χ3v) is 7.23. The van der Waals surface area contributed by atoms with E-state index in [1.54, 1.807) is 32.5 Å². The van der Waals surface area contributed by atoms with Gasteiger partial charge in [0.05, 0.1) is 12.9 Å². The van der Waals surface area contributed by atoms with Crippen LogP contribution in [0.5, 0.6) is 11.5 Å². The minimum Gasteiger partial charge on any atom is -0.493 e. The van der Waals surface area contributed by atoms with Gasteiger partial charge in [-0.15, -0.1) is 11.3 Å². The Morgan fingerprint density at radius 2 is 1.93 bits per heavy atom. The first-order valence-electron chi connectivity index (χ1n) is 9.30. The fraction of sp³-hybridized carbons (Fsp3) is 0.500. The Bertz CT molecular complexity index is 821. The van der Waals surface area contributed by atoms with E-state index < -0.39 is 10.0 Å². The van der Waals surface area contributed by atoms with Crippen LogP contribution in [0.15, 0.2) is 35.7 Å². The molecule has 0 N–H and O–H groups in total. The fourth-order valence-corrected chi connectivity index (χ4v) is 4.21. The first-order chi connectivity index (χ1) is 13.4. The quantitative estimate of drug-likeness (QED) is 0.520. The van der Waals surface area contributed by atoms with Crippen molar-refractivity contribution < 1.29 is 17.9 Å². The van der Waals surface area contributed by atoms with Crippen molar-refractivity contribution in [2.75, 3.05) is 40.0 Å². The van der Waals surface area contributed by atoms with E-state index in [0.717, 1.165) is 35.8 Å². The summed E-state index contributed by atoms with van der Waals surface area (Å²) in [5.41, 5.74) is 1.11. The van der Waals surface area contributed by atoms with E-state index in [-0.39, 0.29) is 5.75 Å². The van der Waals surface area contributed by atoms with Gasteiger partial charge in [-0.2, -0.15) is 0 Å². The second-order valence-corrected chi connectivity index (χ2v) is 10.0. The lowest BCUT2D eigenvalue weighted by Gasteiger charge is -2.21. The van der Waals surface area contributed by atoms with Gasteiger partial charge in [0.2, 0.25) is 10.0 Å². The molecule has 1 heterocycles. The molecule has 2 rings (SSSR count). The molecule has 0 aliphatic rings. The average molecular weight is 427 g/mol. The van der Waals surface area contributed by atoms with Crippen LogP contribution in [0.2, 0.25) is 0 Å². The zero-order valence-corrected chi connectivity index (χ0v) is 18.7. The first kappa shape index (κ1) is 22.7. The topological polar surface area (TPSA) is 59.1 Å². The summed E-state index contributed by atoms with van der Waals surface area (Å²) in [6.45, 7) is 4.91. The summed E-state index contributed by atoms with van der Waals surface area (Å²) >= 11 is 1.66. The summed E-state index contributed by atoms with van der Waals surface area (Å²) in [7, 11) is 1.64. The van der Waals surface area contributed by atoms with Gasteiger partial charge in [0.25, 0.3) is 0 Å². The Balaban J connectivity index is 1.94. The normalized spacial score (nSPS) is 11.9. The van der Waals surface area contributed by atoms with Crippen molar-refractivity contribution in [2.45, 2.75) is 26.5 Å². The van der Waals surface area contributed by atoms with Crippen molar-refractivity contribution in [2.24, 2.45) is 0 Å². The number of rotatable bonds is 12. The molecule has 0 spiro atoms. The van der Waals surface area contributed by atoms with Crippen LogP contribution in [0.3, 0.4) is 0 Å². The summed E-state index contributed by atoms with van der Waals surface area (Å²) in [5.74, 6) is 1.59. The smallest absolute Gasteiger partial charge is 0.213 e. The van der Waals surface area contributed by atoms with Crippen LogP contribution in [0.25, 0.3) is 0 Å². The Morgan fingerprint density at radius 1 is 1.14 bits per heavy atom. The summed E-state index contributed by atoms with van der Waals surface area (Å²) in [6, 6.07) is 10.0. The molecule has 28 heavy (non-hydrogen) atoms. The molecule has 0 radical (unpaired) electrons. The molecular formula is C20H30N2O4S2. The van der Waals surface area contributed by atoms with Gasteiger partial charge in [0, 0.05) is 25.5 Å². The van der Waals surface area contributed by atoms with Gasteiger partial charge in [-0.3, -0.25) is 4.90 Å². The SMILES string of the molecule is CCN(CCCS(=O)(=O)N(C)C)Cc1ccc(OCc2cccs2)c(OC)c1. The number of nitrogens with zero attached hydrogens (tertiary/aromatic N) is 2. The van der Waals surface area contributed by atoms with E-state index in [1.807, 2.05) is 35.7 Å². The predicted molar refractivity (Wildman–Crippen MR) is 115 cm³/mol. The molecule has 1 aromatic heterocycles. The van der Waals surface area contributed by atoms with E-state index in [4.69, 9.17) is 9.47 Å². The van der Waals surface area contributed by atoms with Gasteiger partial charge in [0.1, 0.15) is 6.61 Å². The van der Waals surface area contributed by atoms with Gasteiger partial charge in [-0.1, -0.05) is 19.1 Å². The zero-order chi connectivity index (χ0) is 20.6. The molecule has 0 saturated heterocycles. The zero-order valence-electron chi connectivity index (χ0n) is 17.1. The highest BCUT2D eigenvalue weighted by molar-refractivity contribution is 7.89. The molecular weight excluding hydrogens is 396 g/mol. The molecule has 0 fully saturated rings. The van der Waals surface area contributed by atoms with Crippen LogP contribution >= 0.6 is 11.3 Å². The van der Waals surface area contributed by atoms with Crippen LogP contribution in [0.4, 0.5) is 0 Å². The van der Waals surface area contributed by atoms with Crippen molar-refractivity contribution in [1.29, 1.82) is 0 Å². The van der Waals surface area contributed by atoms with E-state index in [1.165, 1.54) is 4.31 Å². The summed E-state index contributed by atoms with van der Waals surface area (Å²) in [4.78, 5) is 3.39. The highest BCUT2D eigenvalue weighted by Crippen LogP contribution is 2.29. The lowest BCUT2D eigenvalue weighted by Crippen LogP contribution is -2.29. The molecule has 0 bridgehead atoms. The molecule has 6 nitrogen and oxygen atoms in total. The number of hydrogen-bond acceptors (Lipinski definition) is 6. The lowest BCUT2D eigenvalue weighted by atomic mass is 10.2. The van der Waals surface area contributed by atoms with E-state index >= 15 is 0 Å². The van der Waals surface area contributed by atoms with Gasteiger partial charge in [-0.25, -0.2) is 12.7 Å². The second-order valence-electron chi connectivity index (χ2n) is 6.67. The highest BCUT2D eigenvalue weighted by atomic mass is 32.2. The number of hydrogen-bond donors (Lipinski definition) is 0. The molecule has 0 saturated carbocycles. The van der Waals surface area contributed by atoms with Crippen molar-refractivity contribution in [1.82, 2.24) is 9.21 Å². The van der Waals surface area contributed by atoms with Crippen LogP contribution in [0, 0.1) is 0 Å². The summed E-state index contributed by atoms with van der Waals surface area (Å²) in [6.07, 6.45) is 0.605. The molecule has 1 aromatic carbocycles. The standard InChI is InChI=1S/C20H30N2O4S2/c1-5-22(11-7-13-28(23,24)21(2)3)15-17-9-10-19(20(14-17)25-4)26-16-18-8-6-12-27-18/h6,8-10,12,14H,5,7,11,13,15-16H2,1-4H3. The first-order valence-corrected chi connectivity index (χ1v) is 11.8. The fourth-order valence-electron chi connectivity index (χ4n) is 2.73. The van der Waals surface area contributed by atoms with Crippen molar-refractivity contribution in [3.05, 3.63) is 46.2 Å². The maximum atomic E-state index is 11.9. The van der Waals surface area contributed by atoms with Crippen molar-refractivity contribution in [3.63, 3.8) is 0 Å². The molecule has 0 aliphatic carbocycles. The number of benzene rings is 1. The third kappa shape index (κ3) is 6.77. The van der Waals surface area contributed by atoms with Gasteiger partial charge in [-0.05, 0) is 48.7 Å².